The largest absolute Gasteiger partial charge is 0.490 e. The molecule has 0 bridgehead atoms. The topological polar surface area (TPSA) is 58.9 Å². The van der Waals surface area contributed by atoms with Gasteiger partial charge in [0.05, 0.1) is 13.2 Å². The molecule has 0 spiro atoms. The van der Waals surface area contributed by atoms with E-state index in [-0.39, 0.29) is 26.4 Å². The lowest BCUT2D eigenvalue weighted by molar-refractivity contribution is 0.197. The molecule has 3 rings (SSSR count). The quantitative estimate of drug-likeness (QED) is 0.807. The molecule has 1 aliphatic carbocycles. The normalized spacial score (nSPS) is 13.9. The third-order valence-electron chi connectivity index (χ3n) is 4.18. The first-order valence-electron chi connectivity index (χ1n) is 8.01. The average molecular weight is 381 g/mol. The van der Waals surface area contributed by atoms with Crippen molar-refractivity contribution in [2.45, 2.75) is 25.7 Å². The van der Waals surface area contributed by atoms with Gasteiger partial charge in [-0.2, -0.15) is 0 Å². The predicted molar refractivity (Wildman–Crippen MR) is 93.5 cm³/mol. The summed E-state index contributed by atoms with van der Waals surface area (Å²) in [5, 5.41) is 20.3. The van der Waals surface area contributed by atoms with Crippen LogP contribution in [0.2, 0.25) is 0 Å². The molecule has 0 saturated heterocycles. The summed E-state index contributed by atoms with van der Waals surface area (Å²) in [5.74, 6) is 1.72. The number of benzene rings is 2. The second kappa shape index (κ2) is 7.51. The van der Waals surface area contributed by atoms with Gasteiger partial charge in [0.1, 0.15) is 24.7 Å². The van der Waals surface area contributed by atoms with Gasteiger partial charge >= 0.3 is 0 Å². The molecule has 0 amide bonds. The first kappa shape index (κ1) is 16.6. The van der Waals surface area contributed by atoms with E-state index in [4.69, 9.17) is 19.7 Å². The number of rotatable bonds is 6. The van der Waals surface area contributed by atoms with Crippen LogP contribution in [0, 0.1) is 0 Å². The van der Waals surface area contributed by atoms with Crippen LogP contribution in [0.5, 0.6) is 11.5 Å². The Hall–Kier alpha value is -1.30. The van der Waals surface area contributed by atoms with Crippen LogP contribution in [-0.4, -0.2) is 36.6 Å². The number of fused-ring (bicyclic) bond motifs is 2. The highest BCUT2D eigenvalue weighted by atomic mass is 79.9. The van der Waals surface area contributed by atoms with Crippen molar-refractivity contribution in [2.75, 3.05) is 26.4 Å². The Labute approximate surface area is 144 Å². The molecule has 0 saturated carbocycles. The molecule has 2 N–H and O–H groups in total. The van der Waals surface area contributed by atoms with Crippen molar-refractivity contribution in [3.63, 3.8) is 0 Å². The van der Waals surface area contributed by atoms with E-state index in [1.165, 1.54) is 11.1 Å². The minimum absolute atomic E-state index is 0.00691. The number of hydrogen-bond donors (Lipinski definition) is 2. The summed E-state index contributed by atoms with van der Waals surface area (Å²) in [6.07, 6.45) is 4.15. The minimum Gasteiger partial charge on any atom is -0.490 e. The number of halogens is 1. The molecule has 124 valence electrons. The summed E-state index contributed by atoms with van der Waals surface area (Å²) >= 11 is 3.62. The highest BCUT2D eigenvalue weighted by Gasteiger charge is 2.24. The van der Waals surface area contributed by atoms with Crippen LogP contribution in [-0.2, 0) is 12.8 Å². The molecule has 0 atom stereocenters. The fourth-order valence-electron chi connectivity index (χ4n) is 3.28. The predicted octanol–water partition coefficient (Wildman–Crippen LogP) is 3.22. The van der Waals surface area contributed by atoms with E-state index in [0.717, 1.165) is 52.4 Å². The zero-order valence-corrected chi connectivity index (χ0v) is 14.6. The summed E-state index contributed by atoms with van der Waals surface area (Å²) in [4.78, 5) is 0. The van der Waals surface area contributed by atoms with E-state index in [1.54, 1.807) is 0 Å². The lowest BCUT2D eigenvalue weighted by Crippen LogP contribution is -2.13. The van der Waals surface area contributed by atoms with Crippen molar-refractivity contribution in [1.82, 2.24) is 0 Å². The number of hydrogen-bond acceptors (Lipinski definition) is 4. The summed E-state index contributed by atoms with van der Waals surface area (Å²) in [6.45, 7) is 0.543. The second-order valence-corrected chi connectivity index (χ2v) is 6.48. The molecule has 0 unspecified atom stereocenters. The zero-order chi connectivity index (χ0) is 16.2. The Morgan fingerprint density at radius 1 is 0.913 bits per heavy atom. The fourth-order valence-corrected chi connectivity index (χ4v) is 3.83. The maximum Gasteiger partial charge on any atom is 0.132 e. The van der Waals surface area contributed by atoms with Crippen LogP contribution in [0.4, 0.5) is 0 Å². The highest BCUT2D eigenvalue weighted by Crippen LogP contribution is 2.46. The minimum atomic E-state index is -0.0104. The van der Waals surface area contributed by atoms with Crippen molar-refractivity contribution in [1.29, 1.82) is 0 Å². The van der Waals surface area contributed by atoms with Crippen molar-refractivity contribution in [3.05, 3.63) is 33.8 Å². The SMILES string of the molecule is OCCOc1c2c(c(OCCO)c3c(Br)cccc13)CCCC2. The fraction of sp³-hybridized carbons (Fsp3) is 0.444. The molecule has 5 heteroatoms. The third kappa shape index (κ3) is 3.18. The van der Waals surface area contributed by atoms with Gasteiger partial charge in [0.2, 0.25) is 0 Å². The Morgan fingerprint density at radius 3 is 2.17 bits per heavy atom. The first-order valence-corrected chi connectivity index (χ1v) is 8.80. The Balaban J connectivity index is 2.27. The third-order valence-corrected chi connectivity index (χ3v) is 4.84. The molecule has 23 heavy (non-hydrogen) atoms. The molecule has 0 aliphatic heterocycles. The summed E-state index contributed by atoms with van der Waals surface area (Å²) in [6, 6.07) is 5.98. The van der Waals surface area contributed by atoms with E-state index in [0.29, 0.717) is 0 Å². The van der Waals surface area contributed by atoms with Gasteiger partial charge in [-0.3, -0.25) is 0 Å². The second-order valence-electron chi connectivity index (χ2n) is 5.63. The monoisotopic (exact) mass is 380 g/mol. The van der Waals surface area contributed by atoms with Crippen LogP contribution in [0.15, 0.2) is 22.7 Å². The molecule has 1 aliphatic rings. The Kier molecular flexibility index (Phi) is 5.41. The summed E-state index contributed by atoms with van der Waals surface area (Å²) < 4.78 is 12.8. The van der Waals surface area contributed by atoms with Crippen LogP contribution in [0.3, 0.4) is 0 Å². The van der Waals surface area contributed by atoms with Crippen molar-refractivity contribution < 1.29 is 19.7 Å². The van der Waals surface area contributed by atoms with Gasteiger partial charge in [-0.25, -0.2) is 0 Å². The molecule has 0 radical (unpaired) electrons. The standard InChI is InChI=1S/C18H21BrO4/c19-15-7-3-6-14-16(15)18(23-11-9-21)13-5-2-1-4-12(13)17(14)22-10-8-20/h3,6-7,20-21H,1-2,4-5,8-11H2. The smallest absolute Gasteiger partial charge is 0.132 e. The molecule has 4 nitrogen and oxygen atoms in total. The molecule has 0 fully saturated rings. The average Bonchev–Trinajstić information content (AvgIpc) is 2.58. The van der Waals surface area contributed by atoms with Crippen LogP contribution < -0.4 is 9.47 Å². The van der Waals surface area contributed by atoms with Crippen LogP contribution in [0.25, 0.3) is 10.8 Å². The number of ether oxygens (including phenoxy) is 2. The van der Waals surface area contributed by atoms with Gasteiger partial charge in [0.25, 0.3) is 0 Å². The lowest BCUT2D eigenvalue weighted by atomic mass is 9.87. The maximum absolute atomic E-state index is 9.15. The Morgan fingerprint density at radius 2 is 1.52 bits per heavy atom. The van der Waals surface area contributed by atoms with Gasteiger partial charge in [-0.15, -0.1) is 0 Å². The van der Waals surface area contributed by atoms with Gasteiger partial charge in [0, 0.05) is 26.4 Å². The number of aliphatic hydroxyl groups excluding tert-OH is 2. The van der Waals surface area contributed by atoms with E-state index < -0.39 is 0 Å². The first-order chi connectivity index (χ1) is 11.3. The molecule has 2 aromatic carbocycles. The highest BCUT2D eigenvalue weighted by molar-refractivity contribution is 9.10. The lowest BCUT2D eigenvalue weighted by Gasteiger charge is -2.25. The van der Waals surface area contributed by atoms with E-state index in [2.05, 4.69) is 15.9 Å². The van der Waals surface area contributed by atoms with Crippen LogP contribution >= 0.6 is 15.9 Å². The molecular weight excluding hydrogens is 360 g/mol. The number of aliphatic hydroxyl groups is 2. The van der Waals surface area contributed by atoms with E-state index in [9.17, 15) is 0 Å². The molecule has 0 aromatic heterocycles. The van der Waals surface area contributed by atoms with Crippen molar-refractivity contribution in [2.24, 2.45) is 0 Å². The van der Waals surface area contributed by atoms with Gasteiger partial charge in [0.15, 0.2) is 0 Å². The van der Waals surface area contributed by atoms with Crippen molar-refractivity contribution >= 4 is 26.7 Å². The summed E-state index contributed by atoms with van der Waals surface area (Å²) in [7, 11) is 0. The van der Waals surface area contributed by atoms with E-state index >= 15 is 0 Å². The van der Waals surface area contributed by atoms with Gasteiger partial charge in [-0.1, -0.05) is 28.1 Å². The maximum atomic E-state index is 9.15. The van der Waals surface area contributed by atoms with Crippen molar-refractivity contribution in [3.8, 4) is 11.5 Å². The van der Waals surface area contributed by atoms with E-state index in [1.807, 2.05) is 18.2 Å². The molecule has 2 aromatic rings. The summed E-state index contributed by atoms with van der Waals surface area (Å²) in [5.41, 5.74) is 2.36. The van der Waals surface area contributed by atoms with Gasteiger partial charge < -0.3 is 19.7 Å². The van der Waals surface area contributed by atoms with Gasteiger partial charge in [-0.05, 0) is 31.7 Å². The van der Waals surface area contributed by atoms with Crippen LogP contribution in [0.1, 0.15) is 24.0 Å². The molecule has 0 heterocycles. The zero-order valence-electron chi connectivity index (χ0n) is 13.0. The Bertz CT molecular complexity index is 699. The molecular formula is C18H21BrO4.